The van der Waals surface area contributed by atoms with Crippen LogP contribution in [0.4, 0.5) is 24.8 Å². The Morgan fingerprint density at radius 3 is 2.68 bits per heavy atom. The van der Waals surface area contributed by atoms with Crippen LogP contribution < -0.4 is 11.1 Å². The number of nitrogens with zero attached hydrogens (tertiary/aromatic N) is 8. The van der Waals surface area contributed by atoms with Crippen molar-refractivity contribution in [3.8, 4) is 23.3 Å². The number of nitrogens with one attached hydrogen (secondary N) is 1. The molecule has 0 aliphatic heterocycles. The summed E-state index contributed by atoms with van der Waals surface area (Å²) in [4.78, 5) is 25.2. The number of amides is 1. The smallest absolute Gasteiger partial charge is 0.368 e. The fraction of sp³-hybridized carbons (Fsp3) is 0.0870. The molecular formula is C23H15F3N10O. The Morgan fingerprint density at radius 1 is 1.16 bits per heavy atom. The van der Waals surface area contributed by atoms with E-state index in [1.165, 1.54) is 29.2 Å². The van der Waals surface area contributed by atoms with Gasteiger partial charge in [0.25, 0.3) is 5.91 Å². The van der Waals surface area contributed by atoms with Crippen molar-refractivity contribution in [3.05, 3.63) is 71.8 Å². The van der Waals surface area contributed by atoms with Crippen LogP contribution in [0.25, 0.3) is 28.1 Å². The van der Waals surface area contributed by atoms with Gasteiger partial charge in [0.15, 0.2) is 5.69 Å². The lowest BCUT2D eigenvalue weighted by molar-refractivity contribution is -0.143. The standard InChI is InChI=1S/C23H15F3N10O/c1-35-22(28)33-20(34-35)18-12(9-27)8-13(10-30-18)32-21(37)15-11-31-36(19(15)23(24,25)26)17-6-2-5-16-14(17)4-3-7-29-16/h2-8,10-11H,1H3,(H,32,37)(H2,28,33,34). The lowest BCUT2D eigenvalue weighted by atomic mass is 10.1. The number of carbonyl (C=O) groups is 1. The number of halogens is 3. The van der Waals surface area contributed by atoms with Gasteiger partial charge in [0, 0.05) is 18.6 Å². The number of aryl methyl sites for hydroxylation is 1. The van der Waals surface area contributed by atoms with E-state index in [1.54, 1.807) is 31.3 Å². The van der Waals surface area contributed by atoms with E-state index in [1.807, 2.05) is 6.07 Å². The first kappa shape index (κ1) is 23.4. The van der Waals surface area contributed by atoms with Crippen molar-refractivity contribution in [1.29, 1.82) is 5.26 Å². The average Bonchev–Trinajstić information content (AvgIpc) is 3.47. The Bertz CT molecular complexity index is 1690. The minimum absolute atomic E-state index is 0.00978. The average molecular weight is 504 g/mol. The number of nitrogens with two attached hydrogens (primary N) is 1. The first-order valence-electron chi connectivity index (χ1n) is 10.5. The quantitative estimate of drug-likeness (QED) is 0.378. The van der Waals surface area contributed by atoms with Crippen molar-refractivity contribution < 1.29 is 18.0 Å². The third kappa shape index (κ3) is 4.18. The summed E-state index contributed by atoms with van der Waals surface area (Å²) in [5.41, 5.74) is 4.34. The molecule has 0 fully saturated rings. The summed E-state index contributed by atoms with van der Waals surface area (Å²) < 4.78 is 44.5. The zero-order chi connectivity index (χ0) is 26.3. The van der Waals surface area contributed by atoms with Crippen LogP contribution in [0.2, 0.25) is 0 Å². The molecule has 0 radical (unpaired) electrons. The number of anilines is 2. The number of nitrogen functional groups attached to an aromatic ring is 1. The molecule has 184 valence electrons. The minimum Gasteiger partial charge on any atom is -0.368 e. The summed E-state index contributed by atoms with van der Waals surface area (Å²) in [6.07, 6.45) is -1.39. The molecule has 11 nitrogen and oxygen atoms in total. The summed E-state index contributed by atoms with van der Waals surface area (Å²) >= 11 is 0. The van der Waals surface area contributed by atoms with Gasteiger partial charge in [-0.2, -0.15) is 28.5 Å². The van der Waals surface area contributed by atoms with Crippen molar-refractivity contribution in [3.63, 3.8) is 0 Å². The van der Waals surface area contributed by atoms with Crippen molar-refractivity contribution in [1.82, 2.24) is 34.5 Å². The highest BCUT2D eigenvalue weighted by Crippen LogP contribution is 2.35. The second-order valence-electron chi connectivity index (χ2n) is 7.77. The number of nitriles is 1. The van der Waals surface area contributed by atoms with Crippen LogP contribution >= 0.6 is 0 Å². The second-order valence-corrected chi connectivity index (χ2v) is 7.77. The highest BCUT2D eigenvalue weighted by Gasteiger charge is 2.41. The summed E-state index contributed by atoms with van der Waals surface area (Å²) in [5.74, 6) is -0.910. The Balaban J connectivity index is 1.53. The number of hydrogen-bond donors (Lipinski definition) is 2. The van der Waals surface area contributed by atoms with Gasteiger partial charge in [-0.15, -0.1) is 5.10 Å². The van der Waals surface area contributed by atoms with E-state index in [2.05, 4.69) is 30.5 Å². The number of pyridine rings is 2. The van der Waals surface area contributed by atoms with Gasteiger partial charge in [-0.1, -0.05) is 6.07 Å². The van der Waals surface area contributed by atoms with E-state index in [4.69, 9.17) is 5.73 Å². The maximum atomic E-state index is 14.2. The third-order valence-electron chi connectivity index (χ3n) is 5.41. The topological polar surface area (TPSA) is 153 Å². The van der Waals surface area contributed by atoms with Crippen molar-refractivity contribution in [2.75, 3.05) is 11.1 Å². The molecule has 1 amide bonds. The van der Waals surface area contributed by atoms with E-state index < -0.39 is 23.3 Å². The Kier molecular flexibility index (Phi) is 5.52. The normalized spacial score (nSPS) is 11.4. The van der Waals surface area contributed by atoms with Crippen molar-refractivity contribution >= 4 is 28.4 Å². The molecule has 1 aromatic carbocycles. The van der Waals surface area contributed by atoms with Crippen LogP contribution in [0.1, 0.15) is 21.6 Å². The lowest BCUT2D eigenvalue weighted by Crippen LogP contribution is -2.21. The van der Waals surface area contributed by atoms with Crippen LogP contribution in [0.5, 0.6) is 0 Å². The van der Waals surface area contributed by atoms with Gasteiger partial charge in [-0.05, 0) is 30.3 Å². The number of alkyl halides is 3. The number of benzene rings is 1. The fourth-order valence-corrected chi connectivity index (χ4v) is 3.73. The molecule has 0 aliphatic carbocycles. The molecule has 0 saturated heterocycles. The van der Waals surface area contributed by atoms with E-state index in [0.717, 1.165) is 6.20 Å². The molecule has 5 aromatic rings. The monoisotopic (exact) mass is 504 g/mol. The van der Waals surface area contributed by atoms with Crippen LogP contribution in [-0.4, -0.2) is 40.4 Å². The lowest BCUT2D eigenvalue weighted by Gasteiger charge is -2.14. The molecule has 0 unspecified atom stereocenters. The molecule has 4 heterocycles. The molecular weight excluding hydrogens is 489 g/mol. The van der Waals surface area contributed by atoms with E-state index in [9.17, 15) is 23.2 Å². The zero-order valence-corrected chi connectivity index (χ0v) is 18.9. The van der Waals surface area contributed by atoms with Gasteiger partial charge in [0.2, 0.25) is 11.8 Å². The summed E-state index contributed by atoms with van der Waals surface area (Å²) in [6.45, 7) is 0. The molecule has 5 rings (SSSR count). The molecule has 4 aromatic heterocycles. The Morgan fingerprint density at radius 2 is 1.97 bits per heavy atom. The molecule has 0 spiro atoms. The summed E-state index contributed by atoms with van der Waals surface area (Å²) in [6, 6.07) is 11.0. The van der Waals surface area contributed by atoms with Crippen LogP contribution in [0.15, 0.2) is 55.0 Å². The maximum Gasteiger partial charge on any atom is 0.434 e. The minimum atomic E-state index is -4.92. The fourth-order valence-electron chi connectivity index (χ4n) is 3.73. The van der Waals surface area contributed by atoms with E-state index >= 15 is 0 Å². The third-order valence-corrected chi connectivity index (χ3v) is 5.41. The Labute approximate surface area is 206 Å². The maximum absolute atomic E-state index is 14.2. The summed E-state index contributed by atoms with van der Waals surface area (Å²) in [5, 5.41) is 20.2. The highest BCUT2D eigenvalue weighted by atomic mass is 19.4. The van der Waals surface area contributed by atoms with E-state index in [-0.39, 0.29) is 34.4 Å². The molecule has 0 saturated carbocycles. The zero-order valence-electron chi connectivity index (χ0n) is 18.9. The Hall–Kier alpha value is -5.32. The molecule has 14 heteroatoms. The molecule has 37 heavy (non-hydrogen) atoms. The largest absolute Gasteiger partial charge is 0.434 e. The van der Waals surface area contributed by atoms with Crippen molar-refractivity contribution in [2.24, 2.45) is 7.05 Å². The number of fused-ring (bicyclic) bond motifs is 1. The van der Waals surface area contributed by atoms with Gasteiger partial charge < -0.3 is 11.1 Å². The predicted molar refractivity (Wildman–Crippen MR) is 125 cm³/mol. The first-order valence-corrected chi connectivity index (χ1v) is 10.5. The number of rotatable bonds is 4. The predicted octanol–water partition coefficient (Wildman–Crippen LogP) is 3.34. The highest BCUT2D eigenvalue weighted by molar-refractivity contribution is 6.05. The van der Waals surface area contributed by atoms with E-state index in [0.29, 0.717) is 15.6 Å². The van der Waals surface area contributed by atoms with Gasteiger partial charge in [-0.25, -0.2) is 14.3 Å². The molecule has 0 bridgehead atoms. The SMILES string of the molecule is Cn1nc(-c2ncc(NC(=O)c3cnn(-c4cccc5ncccc45)c3C(F)(F)F)cc2C#N)nc1N. The van der Waals surface area contributed by atoms with Gasteiger partial charge in [-0.3, -0.25) is 9.78 Å². The second kappa shape index (κ2) is 8.72. The summed E-state index contributed by atoms with van der Waals surface area (Å²) in [7, 11) is 1.56. The molecule has 0 atom stereocenters. The number of aromatic nitrogens is 7. The first-order chi connectivity index (χ1) is 17.7. The van der Waals surface area contributed by atoms with Gasteiger partial charge in [0.05, 0.1) is 40.4 Å². The van der Waals surface area contributed by atoms with Crippen LogP contribution in [-0.2, 0) is 13.2 Å². The molecule has 3 N–H and O–H groups in total. The van der Waals surface area contributed by atoms with Gasteiger partial charge >= 0.3 is 6.18 Å². The number of hydrogen-bond acceptors (Lipinski definition) is 8. The van der Waals surface area contributed by atoms with Crippen LogP contribution in [0, 0.1) is 11.3 Å². The van der Waals surface area contributed by atoms with Crippen LogP contribution in [0.3, 0.4) is 0 Å². The van der Waals surface area contributed by atoms with Crippen molar-refractivity contribution in [2.45, 2.75) is 6.18 Å². The van der Waals surface area contributed by atoms with Gasteiger partial charge in [0.1, 0.15) is 11.8 Å². The number of carbonyl (C=O) groups excluding carboxylic acids is 1. The molecule has 0 aliphatic rings.